The van der Waals surface area contributed by atoms with Crippen molar-refractivity contribution < 1.29 is 17.9 Å². The molecular weight excluding hydrogens is 420 g/mol. The number of benzene rings is 1. The largest absolute Gasteiger partial charge is 0.444 e. The maximum absolute atomic E-state index is 12.1. The molecule has 0 heterocycles. The van der Waals surface area contributed by atoms with Crippen LogP contribution in [-0.2, 0) is 14.8 Å². The number of ether oxygens (including phenoxy) is 1. The van der Waals surface area contributed by atoms with Gasteiger partial charge in [0.1, 0.15) is 5.60 Å². The fourth-order valence-electron chi connectivity index (χ4n) is 2.19. The Morgan fingerprint density at radius 2 is 1.54 bits per heavy atom. The van der Waals surface area contributed by atoms with Crippen molar-refractivity contribution in [1.82, 2.24) is 10.0 Å². The first-order chi connectivity index (χ1) is 12.1. The number of amides is 1. The Labute approximate surface area is 165 Å². The Morgan fingerprint density at radius 3 is 2.12 bits per heavy atom. The number of hydrogen-bond donors (Lipinski definition) is 2. The van der Waals surface area contributed by atoms with Crippen LogP contribution >= 0.6 is 15.9 Å². The van der Waals surface area contributed by atoms with Crippen LogP contribution in [0.1, 0.15) is 52.9 Å². The zero-order valence-electron chi connectivity index (χ0n) is 15.7. The first kappa shape index (κ1) is 22.9. The summed E-state index contributed by atoms with van der Waals surface area (Å²) in [6, 6.07) is 6.56. The molecule has 0 unspecified atom stereocenters. The number of rotatable bonds is 10. The lowest BCUT2D eigenvalue weighted by Gasteiger charge is -2.19. The predicted octanol–water partition coefficient (Wildman–Crippen LogP) is 4.20. The predicted molar refractivity (Wildman–Crippen MR) is 107 cm³/mol. The summed E-state index contributed by atoms with van der Waals surface area (Å²) in [7, 11) is -3.44. The fraction of sp³-hybridized carbons (Fsp3) is 0.611. The topological polar surface area (TPSA) is 84.5 Å². The normalized spacial score (nSPS) is 12.0. The van der Waals surface area contributed by atoms with E-state index in [1.54, 1.807) is 24.3 Å². The minimum Gasteiger partial charge on any atom is -0.444 e. The van der Waals surface area contributed by atoms with Crippen molar-refractivity contribution >= 4 is 32.0 Å². The Balaban J connectivity index is 2.07. The molecule has 1 aromatic rings. The van der Waals surface area contributed by atoms with Crippen LogP contribution in [0.25, 0.3) is 0 Å². The zero-order chi connectivity index (χ0) is 19.6. The summed E-state index contributed by atoms with van der Waals surface area (Å²) in [4.78, 5) is 11.7. The number of alkyl carbamates (subject to hydrolysis) is 1. The minimum absolute atomic E-state index is 0.272. The molecule has 0 aliphatic heterocycles. The van der Waals surface area contributed by atoms with Crippen molar-refractivity contribution in [1.29, 1.82) is 0 Å². The van der Waals surface area contributed by atoms with Gasteiger partial charge in [-0.1, -0.05) is 35.2 Å². The highest BCUT2D eigenvalue weighted by Gasteiger charge is 2.15. The Kier molecular flexibility index (Phi) is 9.60. The van der Waals surface area contributed by atoms with Crippen LogP contribution in [0.15, 0.2) is 33.6 Å². The number of unbranched alkanes of at least 4 members (excludes halogenated alkanes) is 4. The third kappa shape index (κ3) is 10.1. The van der Waals surface area contributed by atoms with Gasteiger partial charge in [-0.15, -0.1) is 0 Å². The van der Waals surface area contributed by atoms with E-state index in [9.17, 15) is 13.2 Å². The molecule has 2 N–H and O–H groups in total. The lowest BCUT2D eigenvalue weighted by Crippen LogP contribution is -2.32. The van der Waals surface area contributed by atoms with Crippen LogP contribution in [0.4, 0.5) is 4.79 Å². The summed E-state index contributed by atoms with van der Waals surface area (Å²) in [5, 5.41) is 2.73. The van der Waals surface area contributed by atoms with E-state index in [1.807, 2.05) is 20.8 Å². The summed E-state index contributed by atoms with van der Waals surface area (Å²) >= 11 is 3.29. The van der Waals surface area contributed by atoms with E-state index in [0.29, 0.717) is 13.1 Å². The van der Waals surface area contributed by atoms with Gasteiger partial charge in [-0.05, 0) is 57.9 Å². The van der Waals surface area contributed by atoms with Gasteiger partial charge in [0, 0.05) is 17.6 Å². The molecule has 0 bridgehead atoms. The molecule has 0 saturated heterocycles. The smallest absolute Gasteiger partial charge is 0.407 e. The molecule has 148 valence electrons. The zero-order valence-corrected chi connectivity index (χ0v) is 18.1. The van der Waals surface area contributed by atoms with Gasteiger partial charge in [0.15, 0.2) is 0 Å². The molecule has 0 radical (unpaired) electrons. The quantitative estimate of drug-likeness (QED) is 0.525. The number of hydrogen-bond acceptors (Lipinski definition) is 4. The first-order valence-electron chi connectivity index (χ1n) is 8.82. The van der Waals surface area contributed by atoms with Crippen molar-refractivity contribution in [2.75, 3.05) is 13.1 Å². The van der Waals surface area contributed by atoms with Crippen LogP contribution in [0.2, 0.25) is 0 Å². The van der Waals surface area contributed by atoms with Gasteiger partial charge in [0.25, 0.3) is 0 Å². The summed E-state index contributed by atoms with van der Waals surface area (Å²) in [6.45, 7) is 6.51. The van der Waals surface area contributed by atoms with Crippen LogP contribution in [0.5, 0.6) is 0 Å². The standard InChI is InChI=1S/C18H29BrN2O4S/c1-18(2,3)25-17(22)20-13-7-5-4-6-8-14-21-26(23,24)16-11-9-15(19)10-12-16/h9-12,21H,4-8,13-14H2,1-3H3,(H,20,22). The molecule has 0 spiro atoms. The van der Waals surface area contributed by atoms with E-state index in [1.165, 1.54) is 0 Å². The van der Waals surface area contributed by atoms with E-state index in [-0.39, 0.29) is 11.0 Å². The lowest BCUT2D eigenvalue weighted by atomic mass is 10.1. The Bertz CT molecular complexity index is 655. The number of carbonyl (C=O) groups is 1. The lowest BCUT2D eigenvalue weighted by molar-refractivity contribution is 0.0527. The van der Waals surface area contributed by atoms with E-state index >= 15 is 0 Å². The van der Waals surface area contributed by atoms with E-state index in [4.69, 9.17) is 4.74 Å². The second kappa shape index (κ2) is 10.9. The van der Waals surface area contributed by atoms with Crippen LogP contribution in [0, 0.1) is 0 Å². The second-order valence-electron chi connectivity index (χ2n) is 7.05. The minimum atomic E-state index is -3.44. The number of sulfonamides is 1. The Hall–Kier alpha value is -1.12. The van der Waals surface area contributed by atoms with E-state index in [0.717, 1.165) is 36.6 Å². The van der Waals surface area contributed by atoms with Gasteiger partial charge in [-0.25, -0.2) is 17.9 Å². The van der Waals surface area contributed by atoms with Gasteiger partial charge in [0.05, 0.1) is 4.90 Å². The van der Waals surface area contributed by atoms with E-state index < -0.39 is 15.6 Å². The monoisotopic (exact) mass is 448 g/mol. The first-order valence-corrected chi connectivity index (χ1v) is 11.1. The molecule has 1 rings (SSSR count). The molecule has 0 aliphatic carbocycles. The molecular formula is C18H29BrN2O4S. The Morgan fingerprint density at radius 1 is 1.00 bits per heavy atom. The highest BCUT2D eigenvalue weighted by Crippen LogP contribution is 2.14. The molecule has 1 aromatic carbocycles. The van der Waals surface area contributed by atoms with Crippen molar-refractivity contribution in [3.63, 3.8) is 0 Å². The highest BCUT2D eigenvalue weighted by molar-refractivity contribution is 9.10. The van der Waals surface area contributed by atoms with Crippen LogP contribution in [0.3, 0.4) is 0 Å². The van der Waals surface area contributed by atoms with Gasteiger partial charge >= 0.3 is 6.09 Å². The van der Waals surface area contributed by atoms with Gasteiger partial charge in [0.2, 0.25) is 10.0 Å². The molecule has 0 aliphatic rings. The molecule has 26 heavy (non-hydrogen) atoms. The number of nitrogens with one attached hydrogen (secondary N) is 2. The average molecular weight is 449 g/mol. The van der Waals surface area contributed by atoms with E-state index in [2.05, 4.69) is 26.0 Å². The molecule has 8 heteroatoms. The average Bonchev–Trinajstić information content (AvgIpc) is 2.52. The summed E-state index contributed by atoms with van der Waals surface area (Å²) in [6.07, 6.45) is 4.19. The summed E-state index contributed by atoms with van der Waals surface area (Å²) in [5.74, 6) is 0. The fourth-order valence-corrected chi connectivity index (χ4v) is 3.53. The summed E-state index contributed by atoms with van der Waals surface area (Å²) in [5.41, 5.74) is -0.479. The molecule has 0 atom stereocenters. The molecule has 0 saturated carbocycles. The SMILES string of the molecule is CC(C)(C)OC(=O)NCCCCCCCNS(=O)(=O)c1ccc(Br)cc1. The molecule has 6 nitrogen and oxygen atoms in total. The second-order valence-corrected chi connectivity index (χ2v) is 9.73. The van der Waals surface area contributed by atoms with Crippen LogP contribution in [-0.4, -0.2) is 33.2 Å². The number of carbonyl (C=O) groups excluding carboxylic acids is 1. The van der Waals surface area contributed by atoms with Crippen molar-refractivity contribution in [3.05, 3.63) is 28.7 Å². The van der Waals surface area contributed by atoms with Crippen molar-refractivity contribution in [2.24, 2.45) is 0 Å². The molecule has 1 amide bonds. The van der Waals surface area contributed by atoms with Crippen LogP contribution < -0.4 is 10.0 Å². The third-order valence-corrected chi connectivity index (χ3v) is 5.44. The molecule has 0 aromatic heterocycles. The molecule has 0 fully saturated rings. The maximum Gasteiger partial charge on any atom is 0.407 e. The maximum atomic E-state index is 12.1. The van der Waals surface area contributed by atoms with Crippen molar-refractivity contribution in [2.45, 2.75) is 63.4 Å². The van der Waals surface area contributed by atoms with Crippen molar-refractivity contribution in [3.8, 4) is 0 Å². The van der Waals surface area contributed by atoms with Gasteiger partial charge in [-0.3, -0.25) is 0 Å². The van der Waals surface area contributed by atoms with Gasteiger partial charge in [-0.2, -0.15) is 0 Å². The third-order valence-electron chi connectivity index (χ3n) is 3.44. The number of halogens is 1. The summed E-state index contributed by atoms with van der Waals surface area (Å²) < 4.78 is 32.8. The van der Waals surface area contributed by atoms with Gasteiger partial charge < -0.3 is 10.1 Å². The highest BCUT2D eigenvalue weighted by atomic mass is 79.9.